The Balaban J connectivity index is 1.32. The van der Waals surface area contributed by atoms with E-state index < -0.39 is 26.0 Å². The van der Waals surface area contributed by atoms with Gasteiger partial charge in [-0.3, -0.25) is 4.79 Å². The Morgan fingerprint density at radius 2 is 1.48 bits per heavy atom. The Kier molecular flexibility index (Phi) is 7.18. The lowest BCUT2D eigenvalue weighted by atomic mass is 10.0. The van der Waals surface area contributed by atoms with Gasteiger partial charge < -0.3 is 5.32 Å². The SMILES string of the molecule is O=C(NCCS(=O)(=O)N1CCc2ccccc2C1)c1ccc(S(=O)(=O)N2CCCCC2)cc1. The van der Waals surface area contributed by atoms with E-state index in [1.54, 1.807) is 0 Å². The number of sulfonamides is 2. The maximum atomic E-state index is 12.7. The maximum Gasteiger partial charge on any atom is 0.251 e. The van der Waals surface area contributed by atoms with Crippen LogP contribution in [0.3, 0.4) is 0 Å². The Labute approximate surface area is 195 Å². The Bertz CT molecular complexity index is 1200. The summed E-state index contributed by atoms with van der Waals surface area (Å²) in [6.45, 7) is 1.79. The van der Waals surface area contributed by atoms with Crippen molar-refractivity contribution in [3.8, 4) is 0 Å². The highest BCUT2D eigenvalue weighted by molar-refractivity contribution is 7.89. The third-order valence-corrected chi connectivity index (χ3v) is 9.94. The molecule has 178 valence electrons. The van der Waals surface area contributed by atoms with Gasteiger partial charge in [-0.25, -0.2) is 16.8 Å². The molecule has 10 heteroatoms. The minimum atomic E-state index is -3.56. The summed E-state index contributed by atoms with van der Waals surface area (Å²) in [7, 11) is -7.07. The second kappa shape index (κ2) is 9.92. The molecule has 0 radical (unpaired) electrons. The average molecular weight is 492 g/mol. The number of hydrogen-bond donors (Lipinski definition) is 1. The van der Waals surface area contributed by atoms with Gasteiger partial charge in [-0.1, -0.05) is 30.7 Å². The fraction of sp³-hybridized carbons (Fsp3) is 0.435. The number of nitrogens with one attached hydrogen (secondary N) is 1. The number of carbonyl (C=O) groups is 1. The van der Waals surface area contributed by atoms with Crippen LogP contribution >= 0.6 is 0 Å². The number of hydrogen-bond acceptors (Lipinski definition) is 5. The van der Waals surface area contributed by atoms with Crippen LogP contribution in [0.15, 0.2) is 53.4 Å². The fourth-order valence-electron chi connectivity index (χ4n) is 4.26. The molecule has 33 heavy (non-hydrogen) atoms. The number of benzene rings is 2. The van der Waals surface area contributed by atoms with Gasteiger partial charge in [0, 0.05) is 38.3 Å². The summed E-state index contributed by atoms with van der Waals surface area (Å²) in [5.41, 5.74) is 2.47. The van der Waals surface area contributed by atoms with Crippen molar-refractivity contribution in [3.63, 3.8) is 0 Å². The van der Waals surface area contributed by atoms with Crippen LogP contribution in [0, 0.1) is 0 Å². The average Bonchev–Trinajstić information content (AvgIpc) is 2.84. The molecule has 2 aromatic rings. The molecule has 1 N–H and O–H groups in total. The van der Waals surface area contributed by atoms with Gasteiger partial charge in [0.2, 0.25) is 20.0 Å². The van der Waals surface area contributed by atoms with Crippen LogP contribution in [0.5, 0.6) is 0 Å². The van der Waals surface area contributed by atoms with Crippen molar-refractivity contribution in [2.45, 2.75) is 37.1 Å². The molecule has 2 heterocycles. The number of nitrogens with zero attached hydrogens (tertiary/aromatic N) is 2. The maximum absolute atomic E-state index is 12.7. The Morgan fingerprint density at radius 3 is 2.18 bits per heavy atom. The molecule has 2 aliphatic rings. The van der Waals surface area contributed by atoms with Crippen LogP contribution in [-0.2, 0) is 33.0 Å². The summed E-state index contributed by atoms with van der Waals surface area (Å²) in [5, 5.41) is 2.63. The highest BCUT2D eigenvalue weighted by Gasteiger charge is 2.27. The van der Waals surface area contributed by atoms with Gasteiger partial charge in [-0.05, 0) is 54.7 Å². The molecule has 0 aliphatic carbocycles. The Hall–Kier alpha value is -2.27. The van der Waals surface area contributed by atoms with E-state index in [1.807, 2.05) is 24.3 Å². The summed E-state index contributed by atoms with van der Waals surface area (Å²) < 4.78 is 53.8. The minimum Gasteiger partial charge on any atom is -0.351 e. The first-order valence-electron chi connectivity index (χ1n) is 11.2. The van der Waals surface area contributed by atoms with Crippen LogP contribution in [0.4, 0.5) is 0 Å². The van der Waals surface area contributed by atoms with Crippen molar-refractivity contribution in [3.05, 3.63) is 65.2 Å². The molecule has 0 spiro atoms. The monoisotopic (exact) mass is 491 g/mol. The standard InChI is InChI=1S/C23H29N3O5S2/c27-23(20-8-10-22(11-9-20)33(30,31)25-14-4-1-5-15-25)24-13-17-32(28,29)26-16-12-19-6-2-3-7-21(19)18-26/h2-3,6-11H,1,4-5,12-18H2,(H,24,27). The van der Waals surface area contributed by atoms with E-state index >= 15 is 0 Å². The third-order valence-electron chi connectivity index (χ3n) is 6.20. The molecule has 0 bridgehead atoms. The van der Waals surface area contributed by atoms with Gasteiger partial charge in [-0.15, -0.1) is 0 Å². The number of piperidine rings is 1. The number of amides is 1. The molecular formula is C23H29N3O5S2. The lowest BCUT2D eigenvalue weighted by Crippen LogP contribution is -2.40. The van der Waals surface area contributed by atoms with Crippen molar-refractivity contribution < 1.29 is 21.6 Å². The zero-order valence-electron chi connectivity index (χ0n) is 18.4. The van der Waals surface area contributed by atoms with Crippen LogP contribution in [0.2, 0.25) is 0 Å². The summed E-state index contributed by atoms with van der Waals surface area (Å²) >= 11 is 0. The second-order valence-corrected chi connectivity index (χ2v) is 12.4. The normalized spacial score (nSPS) is 17.9. The largest absolute Gasteiger partial charge is 0.351 e. The Morgan fingerprint density at radius 1 is 0.818 bits per heavy atom. The van der Waals surface area contributed by atoms with E-state index in [2.05, 4.69) is 5.32 Å². The molecule has 1 amide bonds. The number of carbonyl (C=O) groups excluding carboxylic acids is 1. The molecule has 0 unspecified atom stereocenters. The molecular weight excluding hydrogens is 462 g/mol. The van der Waals surface area contributed by atoms with Crippen LogP contribution in [0.25, 0.3) is 0 Å². The summed E-state index contributed by atoms with van der Waals surface area (Å²) in [6.07, 6.45) is 3.42. The van der Waals surface area contributed by atoms with Gasteiger partial charge in [0.05, 0.1) is 10.6 Å². The predicted octanol–water partition coefficient (Wildman–Crippen LogP) is 1.98. The van der Waals surface area contributed by atoms with Gasteiger partial charge in [0.25, 0.3) is 5.91 Å². The fourth-order valence-corrected chi connectivity index (χ4v) is 7.11. The molecule has 1 fully saturated rings. The summed E-state index contributed by atoms with van der Waals surface area (Å²) in [5.74, 6) is -0.626. The summed E-state index contributed by atoms with van der Waals surface area (Å²) in [4.78, 5) is 12.6. The van der Waals surface area contributed by atoms with Gasteiger partial charge in [0.15, 0.2) is 0 Å². The second-order valence-electron chi connectivity index (χ2n) is 8.41. The zero-order valence-corrected chi connectivity index (χ0v) is 20.1. The zero-order chi connectivity index (χ0) is 23.5. The van der Waals surface area contributed by atoms with Crippen LogP contribution < -0.4 is 5.32 Å². The first-order valence-corrected chi connectivity index (χ1v) is 14.3. The predicted molar refractivity (Wildman–Crippen MR) is 126 cm³/mol. The molecule has 4 rings (SSSR count). The van der Waals surface area contributed by atoms with E-state index in [0.717, 1.165) is 24.8 Å². The number of rotatable bonds is 7. The van der Waals surface area contributed by atoms with Crippen LogP contribution in [0.1, 0.15) is 40.7 Å². The van der Waals surface area contributed by atoms with E-state index in [4.69, 9.17) is 0 Å². The minimum absolute atomic E-state index is 0.0207. The van der Waals surface area contributed by atoms with E-state index in [0.29, 0.717) is 32.6 Å². The topological polar surface area (TPSA) is 104 Å². The third kappa shape index (κ3) is 5.46. The molecule has 0 saturated carbocycles. The molecule has 0 atom stereocenters. The van der Waals surface area contributed by atoms with Crippen molar-refractivity contribution in [1.29, 1.82) is 0 Å². The highest BCUT2D eigenvalue weighted by Crippen LogP contribution is 2.22. The molecule has 0 aromatic heterocycles. The van der Waals surface area contributed by atoms with Crippen molar-refractivity contribution in [2.24, 2.45) is 0 Å². The summed E-state index contributed by atoms with van der Waals surface area (Å²) in [6, 6.07) is 13.6. The smallest absolute Gasteiger partial charge is 0.251 e. The van der Waals surface area contributed by atoms with Crippen molar-refractivity contribution >= 4 is 26.0 Å². The van der Waals surface area contributed by atoms with E-state index in [9.17, 15) is 21.6 Å². The van der Waals surface area contributed by atoms with Crippen molar-refractivity contribution in [2.75, 3.05) is 31.9 Å². The first kappa shape index (κ1) is 23.9. The van der Waals surface area contributed by atoms with E-state index in [1.165, 1.54) is 38.4 Å². The van der Waals surface area contributed by atoms with Gasteiger partial charge in [0.1, 0.15) is 0 Å². The lowest BCUT2D eigenvalue weighted by molar-refractivity contribution is 0.0956. The molecule has 1 saturated heterocycles. The molecule has 2 aliphatic heterocycles. The molecule has 8 nitrogen and oxygen atoms in total. The van der Waals surface area contributed by atoms with E-state index in [-0.39, 0.29) is 22.8 Å². The van der Waals surface area contributed by atoms with Gasteiger partial charge in [-0.2, -0.15) is 8.61 Å². The quantitative estimate of drug-likeness (QED) is 0.638. The lowest BCUT2D eigenvalue weighted by Gasteiger charge is -2.28. The van der Waals surface area contributed by atoms with Crippen molar-refractivity contribution in [1.82, 2.24) is 13.9 Å². The molecule has 2 aromatic carbocycles. The highest BCUT2D eigenvalue weighted by atomic mass is 32.2. The van der Waals surface area contributed by atoms with Crippen LogP contribution in [-0.4, -0.2) is 63.3 Å². The van der Waals surface area contributed by atoms with Gasteiger partial charge >= 0.3 is 0 Å². The number of fused-ring (bicyclic) bond motifs is 1. The first-order chi connectivity index (χ1) is 15.8.